The molecule has 0 saturated carbocycles. The topological polar surface area (TPSA) is 45.5 Å². The number of amides is 1. The summed E-state index contributed by atoms with van der Waals surface area (Å²) in [6.07, 6.45) is 3.07. The first-order valence-electron chi connectivity index (χ1n) is 5.15. The van der Waals surface area contributed by atoms with Gasteiger partial charge in [-0.25, -0.2) is 0 Å². The van der Waals surface area contributed by atoms with E-state index in [4.69, 9.17) is 4.42 Å². The fourth-order valence-electron chi connectivity index (χ4n) is 1.33. The molecule has 16 heavy (non-hydrogen) atoms. The molecule has 0 aromatic carbocycles. The van der Waals surface area contributed by atoms with Crippen LogP contribution in [0.5, 0.6) is 0 Å². The zero-order valence-corrected chi connectivity index (χ0v) is 10.5. The van der Waals surface area contributed by atoms with Crippen molar-refractivity contribution >= 4 is 18.3 Å². The lowest BCUT2D eigenvalue weighted by Gasteiger charge is -2.15. The zero-order chi connectivity index (χ0) is 11.1. The van der Waals surface area contributed by atoms with Crippen molar-refractivity contribution in [1.82, 2.24) is 10.2 Å². The Morgan fingerprint density at radius 2 is 2.31 bits per heavy atom. The standard InChI is InChI=1S/C11H18N2O2.ClH/c1-12-7-3-6-11(14)13(2)9-10-5-4-8-15-10;/h4-5,8,12H,3,6-7,9H2,1-2H3;1H. The third kappa shape index (κ3) is 5.19. The highest BCUT2D eigenvalue weighted by Gasteiger charge is 2.09. The number of rotatable bonds is 6. The minimum absolute atomic E-state index is 0. The number of hydrogen-bond acceptors (Lipinski definition) is 3. The molecule has 4 nitrogen and oxygen atoms in total. The van der Waals surface area contributed by atoms with Crippen molar-refractivity contribution in [3.8, 4) is 0 Å². The molecule has 1 amide bonds. The summed E-state index contributed by atoms with van der Waals surface area (Å²) in [7, 11) is 3.68. The van der Waals surface area contributed by atoms with Crippen molar-refractivity contribution in [2.45, 2.75) is 19.4 Å². The van der Waals surface area contributed by atoms with E-state index in [-0.39, 0.29) is 18.3 Å². The monoisotopic (exact) mass is 246 g/mol. The lowest BCUT2D eigenvalue weighted by Crippen LogP contribution is -2.26. The van der Waals surface area contributed by atoms with Crippen LogP contribution < -0.4 is 5.32 Å². The highest BCUT2D eigenvalue weighted by atomic mass is 35.5. The summed E-state index contributed by atoms with van der Waals surface area (Å²) < 4.78 is 5.17. The second-order valence-corrected chi connectivity index (χ2v) is 3.54. The van der Waals surface area contributed by atoms with E-state index in [9.17, 15) is 4.79 Å². The molecule has 0 unspecified atom stereocenters. The molecule has 0 aliphatic heterocycles. The van der Waals surface area contributed by atoms with Gasteiger partial charge in [0.25, 0.3) is 0 Å². The van der Waals surface area contributed by atoms with Crippen LogP contribution in [0.2, 0.25) is 0 Å². The van der Waals surface area contributed by atoms with Crippen molar-refractivity contribution in [2.75, 3.05) is 20.6 Å². The number of hydrogen-bond donors (Lipinski definition) is 1. The Bertz CT molecular complexity index is 288. The van der Waals surface area contributed by atoms with E-state index in [2.05, 4.69) is 5.32 Å². The van der Waals surface area contributed by atoms with E-state index in [1.165, 1.54) is 0 Å². The minimum atomic E-state index is 0. The molecule has 5 heteroatoms. The van der Waals surface area contributed by atoms with Gasteiger partial charge in [0.2, 0.25) is 5.91 Å². The molecule has 0 bridgehead atoms. The van der Waals surface area contributed by atoms with Crippen molar-refractivity contribution in [1.29, 1.82) is 0 Å². The summed E-state index contributed by atoms with van der Waals surface area (Å²) in [5, 5.41) is 3.02. The molecule has 1 aromatic heterocycles. The Morgan fingerprint density at radius 3 is 2.88 bits per heavy atom. The summed E-state index contributed by atoms with van der Waals surface area (Å²) in [6, 6.07) is 3.70. The van der Waals surface area contributed by atoms with Gasteiger partial charge in [-0.15, -0.1) is 12.4 Å². The molecule has 0 radical (unpaired) electrons. The van der Waals surface area contributed by atoms with Crippen LogP contribution in [0, 0.1) is 0 Å². The quantitative estimate of drug-likeness (QED) is 0.777. The largest absolute Gasteiger partial charge is 0.467 e. The van der Waals surface area contributed by atoms with E-state index >= 15 is 0 Å². The normalized spacial score (nSPS) is 9.62. The Kier molecular flexibility index (Phi) is 7.68. The second kappa shape index (κ2) is 8.19. The molecule has 1 rings (SSSR count). The molecule has 0 aliphatic carbocycles. The van der Waals surface area contributed by atoms with Crippen LogP contribution in [0.1, 0.15) is 18.6 Å². The summed E-state index contributed by atoms with van der Waals surface area (Å²) >= 11 is 0. The fourth-order valence-corrected chi connectivity index (χ4v) is 1.33. The maximum atomic E-state index is 11.6. The second-order valence-electron chi connectivity index (χ2n) is 3.54. The first-order chi connectivity index (χ1) is 7.24. The van der Waals surface area contributed by atoms with E-state index in [0.717, 1.165) is 18.7 Å². The number of nitrogens with zero attached hydrogens (tertiary/aromatic N) is 1. The molecule has 0 spiro atoms. The number of furan rings is 1. The van der Waals surface area contributed by atoms with E-state index in [0.29, 0.717) is 13.0 Å². The van der Waals surface area contributed by atoms with Crippen LogP contribution in [0.4, 0.5) is 0 Å². The molecule has 0 fully saturated rings. The lowest BCUT2D eigenvalue weighted by molar-refractivity contribution is -0.130. The van der Waals surface area contributed by atoms with Crippen LogP contribution in [-0.4, -0.2) is 31.4 Å². The first-order valence-corrected chi connectivity index (χ1v) is 5.15. The summed E-state index contributed by atoms with van der Waals surface area (Å²) in [4.78, 5) is 13.3. The van der Waals surface area contributed by atoms with Gasteiger partial charge in [-0.3, -0.25) is 4.79 Å². The maximum Gasteiger partial charge on any atom is 0.222 e. The van der Waals surface area contributed by atoms with Gasteiger partial charge in [-0.05, 0) is 32.1 Å². The van der Waals surface area contributed by atoms with Crippen molar-refractivity contribution in [3.63, 3.8) is 0 Å². The molecule has 0 aliphatic rings. The smallest absolute Gasteiger partial charge is 0.222 e. The Labute approximate surface area is 102 Å². The van der Waals surface area contributed by atoms with Gasteiger partial charge in [0.1, 0.15) is 5.76 Å². The van der Waals surface area contributed by atoms with Crippen molar-refractivity contribution in [3.05, 3.63) is 24.2 Å². The van der Waals surface area contributed by atoms with Crippen molar-refractivity contribution in [2.24, 2.45) is 0 Å². The molecule has 1 N–H and O–H groups in total. The predicted molar refractivity (Wildman–Crippen MR) is 65.6 cm³/mol. The number of carbonyl (C=O) groups is 1. The van der Waals surface area contributed by atoms with Gasteiger partial charge in [-0.1, -0.05) is 0 Å². The minimum Gasteiger partial charge on any atom is -0.467 e. The number of halogens is 1. The van der Waals surface area contributed by atoms with Crippen LogP contribution >= 0.6 is 12.4 Å². The van der Waals surface area contributed by atoms with Crippen LogP contribution in [0.25, 0.3) is 0 Å². The van der Waals surface area contributed by atoms with Crippen LogP contribution in [0.3, 0.4) is 0 Å². The third-order valence-electron chi connectivity index (χ3n) is 2.22. The number of nitrogens with one attached hydrogen (secondary N) is 1. The SMILES string of the molecule is CNCCCC(=O)N(C)Cc1ccco1.Cl. The predicted octanol–water partition coefficient (Wildman–Crippen LogP) is 1.66. The summed E-state index contributed by atoms with van der Waals surface area (Å²) in [6.45, 7) is 1.42. The van der Waals surface area contributed by atoms with Crippen LogP contribution in [0.15, 0.2) is 22.8 Å². The molecule has 1 aromatic rings. The van der Waals surface area contributed by atoms with Gasteiger partial charge in [0.15, 0.2) is 0 Å². The number of carbonyl (C=O) groups excluding carboxylic acids is 1. The molecule has 92 valence electrons. The van der Waals surface area contributed by atoms with Gasteiger partial charge in [0.05, 0.1) is 12.8 Å². The van der Waals surface area contributed by atoms with Crippen molar-refractivity contribution < 1.29 is 9.21 Å². The fraction of sp³-hybridized carbons (Fsp3) is 0.545. The lowest BCUT2D eigenvalue weighted by atomic mass is 10.2. The molecular weight excluding hydrogens is 228 g/mol. The van der Waals surface area contributed by atoms with Crippen LogP contribution in [-0.2, 0) is 11.3 Å². The Morgan fingerprint density at radius 1 is 1.56 bits per heavy atom. The molecule has 0 atom stereocenters. The van der Waals surface area contributed by atoms with E-state index in [1.807, 2.05) is 19.2 Å². The molecule has 0 saturated heterocycles. The third-order valence-corrected chi connectivity index (χ3v) is 2.22. The Balaban J connectivity index is 0.00000225. The maximum absolute atomic E-state index is 11.6. The average Bonchev–Trinajstić information content (AvgIpc) is 2.70. The van der Waals surface area contributed by atoms with Gasteiger partial charge in [0, 0.05) is 13.5 Å². The highest BCUT2D eigenvalue weighted by Crippen LogP contribution is 2.05. The first kappa shape index (κ1) is 15.0. The van der Waals surface area contributed by atoms with E-state index in [1.54, 1.807) is 18.2 Å². The highest BCUT2D eigenvalue weighted by molar-refractivity contribution is 5.85. The van der Waals surface area contributed by atoms with E-state index < -0.39 is 0 Å². The summed E-state index contributed by atoms with van der Waals surface area (Å²) in [5.41, 5.74) is 0. The van der Waals surface area contributed by atoms with Gasteiger partial charge >= 0.3 is 0 Å². The molecule has 1 heterocycles. The Hall–Kier alpha value is -1.00. The average molecular weight is 247 g/mol. The zero-order valence-electron chi connectivity index (χ0n) is 9.73. The molecular formula is C11H19ClN2O2. The van der Waals surface area contributed by atoms with Gasteiger partial charge < -0.3 is 14.6 Å². The van der Waals surface area contributed by atoms with Gasteiger partial charge in [-0.2, -0.15) is 0 Å². The summed E-state index contributed by atoms with van der Waals surface area (Å²) in [5.74, 6) is 0.973.